The molecule has 2 heterocycles. The van der Waals surface area contributed by atoms with E-state index in [0.717, 1.165) is 6.42 Å². The van der Waals surface area contributed by atoms with E-state index in [1.165, 1.54) is 23.1 Å². The van der Waals surface area contributed by atoms with Crippen molar-refractivity contribution in [1.29, 1.82) is 0 Å². The molecule has 1 aromatic rings. The summed E-state index contributed by atoms with van der Waals surface area (Å²) in [5.74, 6) is -0.570. The Bertz CT molecular complexity index is 607. The van der Waals surface area contributed by atoms with Gasteiger partial charge in [0.05, 0.1) is 0 Å². The molecule has 21 heavy (non-hydrogen) atoms. The molecule has 112 valence electrons. The van der Waals surface area contributed by atoms with Crippen molar-refractivity contribution in [3.05, 3.63) is 34.6 Å². The van der Waals surface area contributed by atoms with Gasteiger partial charge in [-0.3, -0.25) is 9.59 Å². The van der Waals surface area contributed by atoms with Crippen LogP contribution in [0, 0.1) is 5.82 Å². The Morgan fingerprint density at radius 2 is 2.10 bits per heavy atom. The SMILES string of the molecule is C[C@H]1C(=O)N2CCC[C@H]2C(=O)N1Cc1cc(Cl)ccc1F. The number of benzene rings is 1. The van der Waals surface area contributed by atoms with Crippen molar-refractivity contribution in [2.24, 2.45) is 0 Å². The van der Waals surface area contributed by atoms with Crippen molar-refractivity contribution in [3.63, 3.8) is 0 Å². The molecule has 0 N–H and O–H groups in total. The molecule has 1 aromatic carbocycles. The van der Waals surface area contributed by atoms with Gasteiger partial charge in [-0.2, -0.15) is 0 Å². The van der Waals surface area contributed by atoms with E-state index in [1.54, 1.807) is 11.8 Å². The summed E-state index contributed by atoms with van der Waals surface area (Å²) in [7, 11) is 0. The summed E-state index contributed by atoms with van der Waals surface area (Å²) >= 11 is 5.88. The highest BCUT2D eigenvalue weighted by Crippen LogP contribution is 2.28. The van der Waals surface area contributed by atoms with Crippen LogP contribution in [-0.4, -0.2) is 40.2 Å². The summed E-state index contributed by atoms with van der Waals surface area (Å²) < 4.78 is 13.9. The second-order valence-corrected chi connectivity index (χ2v) is 6.00. The lowest BCUT2D eigenvalue weighted by Crippen LogP contribution is -2.61. The van der Waals surface area contributed by atoms with Gasteiger partial charge in [0.2, 0.25) is 11.8 Å². The molecule has 0 spiro atoms. The molecular weight excluding hydrogens is 295 g/mol. The quantitative estimate of drug-likeness (QED) is 0.840. The first kappa shape index (κ1) is 14.3. The Kier molecular flexibility index (Phi) is 3.61. The molecule has 6 heteroatoms. The molecule has 0 unspecified atom stereocenters. The molecule has 2 fully saturated rings. The largest absolute Gasteiger partial charge is 0.329 e. The van der Waals surface area contributed by atoms with Crippen molar-refractivity contribution in [2.75, 3.05) is 6.54 Å². The predicted octanol–water partition coefficient (Wildman–Crippen LogP) is 2.20. The fourth-order valence-corrected chi connectivity index (χ4v) is 3.30. The average Bonchev–Trinajstić information content (AvgIpc) is 2.94. The van der Waals surface area contributed by atoms with Crippen LogP contribution in [0.5, 0.6) is 0 Å². The predicted molar refractivity (Wildman–Crippen MR) is 76.2 cm³/mol. The molecular formula is C15H16ClFN2O2. The molecule has 2 amide bonds. The smallest absolute Gasteiger partial charge is 0.246 e. The number of carbonyl (C=O) groups is 2. The molecule has 2 aliphatic rings. The van der Waals surface area contributed by atoms with Gasteiger partial charge in [0.25, 0.3) is 0 Å². The Balaban J connectivity index is 1.88. The molecule has 0 bridgehead atoms. The summed E-state index contributed by atoms with van der Waals surface area (Å²) in [4.78, 5) is 28.0. The van der Waals surface area contributed by atoms with Crippen molar-refractivity contribution in [2.45, 2.75) is 38.4 Å². The minimum Gasteiger partial charge on any atom is -0.329 e. The van der Waals surface area contributed by atoms with Crippen LogP contribution >= 0.6 is 11.6 Å². The average molecular weight is 311 g/mol. The first-order valence-electron chi connectivity index (χ1n) is 7.04. The number of fused-ring (bicyclic) bond motifs is 1. The van der Waals surface area contributed by atoms with E-state index in [-0.39, 0.29) is 24.4 Å². The molecule has 2 atom stereocenters. The van der Waals surface area contributed by atoms with E-state index in [0.29, 0.717) is 23.6 Å². The first-order chi connectivity index (χ1) is 9.99. The van der Waals surface area contributed by atoms with E-state index in [4.69, 9.17) is 11.6 Å². The number of nitrogens with zero attached hydrogens (tertiary/aromatic N) is 2. The maximum absolute atomic E-state index is 13.9. The minimum absolute atomic E-state index is 0.0560. The zero-order valence-corrected chi connectivity index (χ0v) is 12.4. The van der Waals surface area contributed by atoms with Crippen LogP contribution in [-0.2, 0) is 16.1 Å². The third-order valence-corrected chi connectivity index (χ3v) is 4.51. The molecule has 2 saturated heterocycles. The Morgan fingerprint density at radius 3 is 2.86 bits per heavy atom. The van der Waals surface area contributed by atoms with Crippen molar-refractivity contribution in [3.8, 4) is 0 Å². The molecule has 2 aliphatic heterocycles. The van der Waals surface area contributed by atoms with E-state index < -0.39 is 11.9 Å². The molecule has 0 aliphatic carbocycles. The number of hydrogen-bond donors (Lipinski definition) is 0. The summed E-state index contributed by atoms with van der Waals surface area (Å²) in [5.41, 5.74) is 0.335. The zero-order valence-electron chi connectivity index (χ0n) is 11.7. The van der Waals surface area contributed by atoms with Gasteiger partial charge in [-0.1, -0.05) is 11.6 Å². The molecule has 0 aromatic heterocycles. The van der Waals surface area contributed by atoms with Crippen LogP contribution in [0.15, 0.2) is 18.2 Å². The number of piperazine rings is 1. The van der Waals surface area contributed by atoms with Crippen LogP contribution in [0.1, 0.15) is 25.3 Å². The van der Waals surface area contributed by atoms with E-state index >= 15 is 0 Å². The monoisotopic (exact) mass is 310 g/mol. The number of hydrogen-bond acceptors (Lipinski definition) is 2. The maximum Gasteiger partial charge on any atom is 0.246 e. The van der Waals surface area contributed by atoms with E-state index in [1.807, 2.05) is 0 Å². The van der Waals surface area contributed by atoms with Crippen LogP contribution < -0.4 is 0 Å². The minimum atomic E-state index is -0.565. The zero-order chi connectivity index (χ0) is 15.1. The number of halogens is 2. The van der Waals surface area contributed by atoms with Crippen molar-refractivity contribution >= 4 is 23.4 Å². The van der Waals surface area contributed by atoms with Gasteiger partial charge < -0.3 is 9.80 Å². The van der Waals surface area contributed by atoms with Gasteiger partial charge in [0, 0.05) is 23.7 Å². The molecule has 0 saturated carbocycles. The fraction of sp³-hybridized carbons (Fsp3) is 0.467. The van der Waals surface area contributed by atoms with Crippen LogP contribution in [0.3, 0.4) is 0 Å². The van der Waals surface area contributed by atoms with Crippen LogP contribution in [0.2, 0.25) is 5.02 Å². The maximum atomic E-state index is 13.9. The Morgan fingerprint density at radius 1 is 1.33 bits per heavy atom. The fourth-order valence-electron chi connectivity index (χ4n) is 3.11. The van der Waals surface area contributed by atoms with Crippen molar-refractivity contribution < 1.29 is 14.0 Å². The highest BCUT2D eigenvalue weighted by atomic mass is 35.5. The lowest BCUT2D eigenvalue weighted by atomic mass is 10.0. The number of amides is 2. The Hall–Kier alpha value is -1.62. The van der Waals surface area contributed by atoms with Gasteiger partial charge in [-0.25, -0.2) is 4.39 Å². The first-order valence-corrected chi connectivity index (χ1v) is 7.41. The van der Waals surface area contributed by atoms with Crippen LogP contribution in [0.25, 0.3) is 0 Å². The molecule has 3 rings (SSSR count). The summed E-state index contributed by atoms with van der Waals surface area (Å²) in [6, 6.07) is 3.30. The lowest BCUT2D eigenvalue weighted by molar-refractivity contribution is -0.159. The van der Waals surface area contributed by atoms with Gasteiger partial charge >= 0.3 is 0 Å². The normalized spacial score (nSPS) is 25.5. The summed E-state index contributed by atoms with van der Waals surface area (Å²) in [6.45, 7) is 2.40. The second-order valence-electron chi connectivity index (χ2n) is 5.57. The molecule has 4 nitrogen and oxygen atoms in total. The van der Waals surface area contributed by atoms with Gasteiger partial charge in [0.1, 0.15) is 17.9 Å². The number of carbonyl (C=O) groups excluding carboxylic acids is 2. The van der Waals surface area contributed by atoms with E-state index in [9.17, 15) is 14.0 Å². The highest BCUT2D eigenvalue weighted by Gasteiger charge is 2.45. The summed E-state index contributed by atoms with van der Waals surface area (Å²) in [6.07, 6.45) is 1.53. The van der Waals surface area contributed by atoms with Crippen molar-refractivity contribution in [1.82, 2.24) is 9.80 Å². The van der Waals surface area contributed by atoms with Gasteiger partial charge in [-0.05, 0) is 38.0 Å². The Labute approximate surface area is 127 Å². The second kappa shape index (κ2) is 5.30. The lowest BCUT2D eigenvalue weighted by Gasteiger charge is -2.41. The van der Waals surface area contributed by atoms with Crippen LogP contribution in [0.4, 0.5) is 4.39 Å². The standard InChI is InChI=1S/C15H16ClFN2O2/c1-9-14(20)18-6-2-3-13(18)15(21)19(9)8-10-7-11(16)4-5-12(10)17/h4-5,7,9,13H,2-3,6,8H2,1H3/t9-,13-/m0/s1. The van der Waals surface area contributed by atoms with E-state index in [2.05, 4.69) is 0 Å². The number of rotatable bonds is 2. The van der Waals surface area contributed by atoms with Gasteiger partial charge in [-0.15, -0.1) is 0 Å². The highest BCUT2D eigenvalue weighted by molar-refractivity contribution is 6.30. The molecule has 0 radical (unpaired) electrons. The van der Waals surface area contributed by atoms with Gasteiger partial charge in [0.15, 0.2) is 0 Å². The topological polar surface area (TPSA) is 40.6 Å². The third kappa shape index (κ3) is 2.39. The summed E-state index contributed by atoms with van der Waals surface area (Å²) in [5, 5.41) is 0.414. The third-order valence-electron chi connectivity index (χ3n) is 4.28.